The molecule has 7 nitrogen and oxygen atoms in total. The maximum atomic E-state index is 11.9. The fourth-order valence-electron chi connectivity index (χ4n) is 1.64. The third-order valence-corrected chi connectivity index (χ3v) is 2.52. The van der Waals surface area contributed by atoms with Crippen LogP contribution >= 0.6 is 0 Å². The molecule has 1 aromatic carbocycles. The Hall–Kier alpha value is -2.83. The van der Waals surface area contributed by atoms with Gasteiger partial charge in [-0.3, -0.25) is 20.4 Å². The van der Waals surface area contributed by atoms with Crippen molar-refractivity contribution in [2.24, 2.45) is 0 Å². The summed E-state index contributed by atoms with van der Waals surface area (Å²) < 4.78 is 4.87. The van der Waals surface area contributed by atoms with E-state index in [1.54, 1.807) is 12.1 Å². The van der Waals surface area contributed by atoms with E-state index in [0.717, 1.165) is 10.9 Å². The molecule has 3 N–H and O–H groups in total. The lowest BCUT2D eigenvalue weighted by atomic mass is 10.2. The maximum absolute atomic E-state index is 11.9. The van der Waals surface area contributed by atoms with Crippen molar-refractivity contribution in [3.05, 3.63) is 36.0 Å². The lowest BCUT2D eigenvalue weighted by Gasteiger charge is -2.05. The minimum absolute atomic E-state index is 0.355. The molecule has 0 fully saturated rings. The molecule has 0 atom stereocenters. The van der Waals surface area contributed by atoms with Gasteiger partial charge in [-0.1, -0.05) is 18.2 Å². The summed E-state index contributed by atoms with van der Waals surface area (Å²) in [6.45, 7) is 0.775. The summed E-state index contributed by atoms with van der Waals surface area (Å²) >= 11 is 0. The fraction of sp³-hybridized carbons (Fsp3) is 0.154. The van der Waals surface area contributed by atoms with E-state index in [1.807, 2.05) is 12.1 Å². The van der Waals surface area contributed by atoms with E-state index in [-0.39, 0.29) is 0 Å². The van der Waals surface area contributed by atoms with Crippen LogP contribution in [0.25, 0.3) is 10.9 Å². The Labute approximate surface area is 114 Å². The average molecular weight is 275 g/mol. The van der Waals surface area contributed by atoms with Crippen molar-refractivity contribution in [1.82, 2.24) is 15.8 Å². The van der Waals surface area contributed by atoms with Crippen LogP contribution in [0.3, 0.4) is 0 Å². The highest BCUT2D eigenvalue weighted by Gasteiger charge is 2.14. The zero-order valence-electron chi connectivity index (χ0n) is 10.7. The molecule has 0 aliphatic carbocycles. The fourth-order valence-corrected chi connectivity index (χ4v) is 1.64. The smallest absolute Gasteiger partial charge is 0.340 e. The quantitative estimate of drug-likeness (QED) is 0.560. The molecular formula is C13H13N3O4. The number of carbonyl (C=O) groups excluding carboxylic acids is 3. The van der Waals surface area contributed by atoms with E-state index in [1.165, 1.54) is 13.1 Å². The van der Waals surface area contributed by atoms with Crippen LogP contribution in [0.4, 0.5) is 0 Å². The van der Waals surface area contributed by atoms with Gasteiger partial charge in [-0.2, -0.15) is 0 Å². The van der Waals surface area contributed by atoms with Crippen LogP contribution < -0.4 is 10.9 Å². The number of aromatic nitrogens is 1. The number of esters is 1. The summed E-state index contributed by atoms with van der Waals surface area (Å²) in [5, 5.41) is 0.722. The highest BCUT2D eigenvalue weighted by molar-refractivity contribution is 6.04. The van der Waals surface area contributed by atoms with Gasteiger partial charge in [0.2, 0.25) is 5.91 Å². The molecule has 20 heavy (non-hydrogen) atoms. The lowest BCUT2D eigenvalue weighted by molar-refractivity contribution is -0.129. The highest BCUT2D eigenvalue weighted by atomic mass is 16.5. The summed E-state index contributed by atoms with van der Waals surface area (Å²) in [5.74, 6) is -1.64. The number of carbonyl (C=O) groups is 3. The van der Waals surface area contributed by atoms with Crippen LogP contribution in [-0.2, 0) is 14.3 Å². The maximum Gasteiger partial charge on any atom is 0.340 e. The van der Waals surface area contributed by atoms with Gasteiger partial charge in [0, 0.05) is 24.0 Å². The number of hydrazine groups is 1. The predicted molar refractivity (Wildman–Crippen MR) is 70.5 cm³/mol. The molecule has 2 amide bonds. The third-order valence-electron chi connectivity index (χ3n) is 2.52. The number of fused-ring (bicyclic) bond motifs is 1. The molecule has 1 heterocycles. The average Bonchev–Trinajstić information content (AvgIpc) is 2.86. The van der Waals surface area contributed by atoms with Crippen LogP contribution in [-0.4, -0.2) is 29.4 Å². The van der Waals surface area contributed by atoms with E-state index >= 15 is 0 Å². The first-order chi connectivity index (χ1) is 9.58. The second kappa shape index (κ2) is 5.87. The Morgan fingerprint density at radius 3 is 2.70 bits per heavy atom. The largest absolute Gasteiger partial charge is 0.452 e. The monoisotopic (exact) mass is 275 g/mol. The third kappa shape index (κ3) is 3.14. The normalized spacial score (nSPS) is 10.1. The number of ether oxygens (including phenoxy) is 1. The van der Waals surface area contributed by atoms with Gasteiger partial charge in [-0.25, -0.2) is 4.79 Å². The number of H-pyrrole nitrogens is 1. The topological polar surface area (TPSA) is 100 Å². The van der Waals surface area contributed by atoms with Crippen LogP contribution in [0.1, 0.15) is 17.3 Å². The van der Waals surface area contributed by atoms with Gasteiger partial charge < -0.3 is 9.72 Å². The van der Waals surface area contributed by atoms with E-state index in [4.69, 9.17) is 4.74 Å². The van der Waals surface area contributed by atoms with Crippen LogP contribution in [0.5, 0.6) is 0 Å². The first kappa shape index (κ1) is 13.6. The Balaban J connectivity index is 1.95. The zero-order valence-corrected chi connectivity index (χ0v) is 10.7. The minimum Gasteiger partial charge on any atom is -0.452 e. The van der Waals surface area contributed by atoms with Gasteiger partial charge in [-0.15, -0.1) is 0 Å². The van der Waals surface area contributed by atoms with Crippen molar-refractivity contribution in [2.75, 3.05) is 6.61 Å². The van der Waals surface area contributed by atoms with Gasteiger partial charge in [-0.05, 0) is 6.07 Å². The van der Waals surface area contributed by atoms with Gasteiger partial charge >= 0.3 is 5.97 Å². The van der Waals surface area contributed by atoms with E-state index in [2.05, 4.69) is 15.8 Å². The Morgan fingerprint density at radius 1 is 1.20 bits per heavy atom. The summed E-state index contributed by atoms with van der Waals surface area (Å²) in [6, 6.07) is 7.25. The highest BCUT2D eigenvalue weighted by Crippen LogP contribution is 2.18. The number of hydrogen-bond donors (Lipinski definition) is 3. The van der Waals surface area contributed by atoms with E-state index in [9.17, 15) is 14.4 Å². The number of aromatic amines is 1. The Kier molecular flexibility index (Phi) is 3.99. The summed E-state index contributed by atoms with van der Waals surface area (Å²) in [6.07, 6.45) is 1.53. The molecule has 0 saturated heterocycles. The van der Waals surface area contributed by atoms with Gasteiger partial charge in [0.05, 0.1) is 5.56 Å². The summed E-state index contributed by atoms with van der Waals surface area (Å²) in [5.41, 5.74) is 5.36. The zero-order chi connectivity index (χ0) is 14.5. The van der Waals surface area contributed by atoms with Gasteiger partial charge in [0.1, 0.15) is 0 Å². The molecule has 2 aromatic rings. The van der Waals surface area contributed by atoms with Crippen LogP contribution in [0.2, 0.25) is 0 Å². The van der Waals surface area contributed by atoms with Crippen molar-refractivity contribution in [1.29, 1.82) is 0 Å². The number of para-hydroxylation sites is 1. The van der Waals surface area contributed by atoms with E-state index in [0.29, 0.717) is 5.56 Å². The van der Waals surface area contributed by atoms with Gasteiger partial charge in [0.25, 0.3) is 5.91 Å². The Morgan fingerprint density at radius 2 is 1.95 bits per heavy atom. The molecule has 0 unspecified atom stereocenters. The van der Waals surface area contributed by atoms with Crippen molar-refractivity contribution in [3.8, 4) is 0 Å². The second-order valence-corrected chi connectivity index (χ2v) is 4.05. The Bertz CT molecular complexity index is 662. The van der Waals surface area contributed by atoms with Crippen molar-refractivity contribution < 1.29 is 19.1 Å². The van der Waals surface area contributed by atoms with Gasteiger partial charge in [0.15, 0.2) is 6.61 Å². The molecule has 0 saturated carbocycles. The second-order valence-electron chi connectivity index (χ2n) is 4.05. The minimum atomic E-state index is -0.617. The first-order valence-electron chi connectivity index (χ1n) is 5.86. The summed E-state index contributed by atoms with van der Waals surface area (Å²) in [4.78, 5) is 36.6. The molecule has 0 bridgehead atoms. The van der Waals surface area contributed by atoms with Crippen LogP contribution in [0, 0.1) is 0 Å². The van der Waals surface area contributed by atoms with Crippen molar-refractivity contribution >= 4 is 28.7 Å². The van der Waals surface area contributed by atoms with Crippen molar-refractivity contribution in [2.45, 2.75) is 6.92 Å². The number of rotatable bonds is 3. The number of nitrogens with one attached hydrogen (secondary N) is 3. The molecule has 2 rings (SSSR count). The molecule has 1 aromatic heterocycles. The molecule has 104 valence electrons. The standard InChI is InChI=1S/C13H13N3O4/c1-8(17)15-16-12(18)7-20-13(19)10-6-14-11-5-3-2-4-9(10)11/h2-6,14H,7H2,1H3,(H,15,17)(H,16,18). The van der Waals surface area contributed by atoms with Crippen LogP contribution in [0.15, 0.2) is 30.5 Å². The first-order valence-corrected chi connectivity index (χ1v) is 5.86. The number of amides is 2. The molecular weight excluding hydrogens is 262 g/mol. The molecule has 0 spiro atoms. The molecule has 0 aliphatic rings. The molecule has 0 aliphatic heterocycles. The van der Waals surface area contributed by atoms with Crippen molar-refractivity contribution in [3.63, 3.8) is 0 Å². The predicted octanol–water partition coefficient (Wildman–Crippen LogP) is 0.492. The number of benzene rings is 1. The van der Waals surface area contributed by atoms with E-state index < -0.39 is 24.4 Å². The summed E-state index contributed by atoms with van der Waals surface area (Å²) in [7, 11) is 0. The SMILES string of the molecule is CC(=O)NNC(=O)COC(=O)c1c[nH]c2ccccc12. The molecule has 0 radical (unpaired) electrons. The lowest BCUT2D eigenvalue weighted by Crippen LogP contribution is -2.42. The number of hydrogen-bond acceptors (Lipinski definition) is 4. The molecule has 7 heteroatoms.